The molecule has 8 nitrogen and oxygen atoms in total. The maximum absolute atomic E-state index is 8.29. The minimum atomic E-state index is -0.321. The molecule has 0 spiro atoms. The summed E-state index contributed by atoms with van der Waals surface area (Å²) in [6.45, 7) is 2.31. The van der Waals surface area contributed by atoms with E-state index < -0.39 is 0 Å². The number of nitrogens with two attached hydrogens (primary N) is 1. The molecule has 0 aliphatic carbocycles. The van der Waals surface area contributed by atoms with Crippen molar-refractivity contribution < 1.29 is 9.47 Å². The number of thioether (sulfide) groups is 1. The van der Waals surface area contributed by atoms with Crippen LogP contribution in [0.25, 0.3) is 11.3 Å². The van der Waals surface area contributed by atoms with Gasteiger partial charge >= 0.3 is 0 Å². The van der Waals surface area contributed by atoms with Crippen molar-refractivity contribution in [1.82, 2.24) is 15.3 Å². The molecule has 1 saturated heterocycles. The molecule has 1 fully saturated rings. The van der Waals surface area contributed by atoms with Crippen LogP contribution in [0.1, 0.15) is 16.8 Å². The SMILES string of the molecule is CNCc1ccc(C(=N)OC(=N)c2nc(-c3ccc(SC4COC4)cc3)cnc2N)cc1. The Labute approximate surface area is 190 Å². The predicted octanol–water partition coefficient (Wildman–Crippen LogP) is 3.30. The third-order valence-electron chi connectivity index (χ3n) is 4.88. The number of rotatable bonds is 7. The summed E-state index contributed by atoms with van der Waals surface area (Å²) in [4.78, 5) is 9.82. The summed E-state index contributed by atoms with van der Waals surface area (Å²) in [5.74, 6) is -0.398. The smallest absolute Gasteiger partial charge is 0.243 e. The molecule has 3 aromatic rings. The summed E-state index contributed by atoms with van der Waals surface area (Å²) in [5, 5.41) is 20.1. The second kappa shape index (κ2) is 9.90. The quantitative estimate of drug-likeness (QED) is 0.322. The number of nitrogens with one attached hydrogen (secondary N) is 3. The van der Waals surface area contributed by atoms with Crippen LogP contribution in [0, 0.1) is 10.8 Å². The lowest BCUT2D eigenvalue weighted by Gasteiger charge is -2.25. The largest absolute Gasteiger partial charge is 0.419 e. The monoisotopic (exact) mass is 448 g/mol. The molecule has 0 bridgehead atoms. The van der Waals surface area contributed by atoms with Crippen molar-refractivity contribution in [1.29, 1.82) is 10.8 Å². The molecule has 0 atom stereocenters. The third-order valence-corrected chi connectivity index (χ3v) is 6.03. The van der Waals surface area contributed by atoms with E-state index in [1.807, 2.05) is 43.4 Å². The molecule has 1 aliphatic rings. The molecule has 0 unspecified atom stereocenters. The van der Waals surface area contributed by atoms with Gasteiger partial charge in [0.2, 0.25) is 11.8 Å². The number of ether oxygens (including phenoxy) is 2. The number of nitrogen functional groups attached to an aromatic ring is 1. The number of aromatic nitrogens is 2. The molecule has 5 N–H and O–H groups in total. The van der Waals surface area contributed by atoms with Gasteiger partial charge in [-0.05, 0) is 36.9 Å². The van der Waals surface area contributed by atoms with E-state index in [9.17, 15) is 0 Å². The van der Waals surface area contributed by atoms with E-state index in [4.69, 9.17) is 26.0 Å². The van der Waals surface area contributed by atoms with Gasteiger partial charge in [-0.2, -0.15) is 0 Å². The Morgan fingerprint density at radius 2 is 1.84 bits per heavy atom. The minimum absolute atomic E-state index is 0.0769. The maximum atomic E-state index is 8.29. The first-order valence-corrected chi connectivity index (χ1v) is 11.0. The van der Waals surface area contributed by atoms with Crippen LogP contribution < -0.4 is 11.1 Å². The number of nitrogens with zero attached hydrogens (tertiary/aromatic N) is 2. The van der Waals surface area contributed by atoms with Crippen molar-refractivity contribution >= 4 is 29.4 Å². The van der Waals surface area contributed by atoms with Crippen LogP contribution in [-0.2, 0) is 16.0 Å². The normalized spacial score (nSPS) is 13.4. The molecule has 9 heteroatoms. The van der Waals surface area contributed by atoms with Gasteiger partial charge in [-0.3, -0.25) is 10.8 Å². The Hall–Kier alpha value is -3.27. The van der Waals surface area contributed by atoms with E-state index in [0.29, 0.717) is 16.5 Å². The Kier molecular flexibility index (Phi) is 6.79. The molecular formula is C23H24N6O2S. The lowest BCUT2D eigenvalue weighted by molar-refractivity contribution is 0.0455. The van der Waals surface area contributed by atoms with E-state index in [1.165, 1.54) is 0 Å². The fourth-order valence-electron chi connectivity index (χ4n) is 3.07. The van der Waals surface area contributed by atoms with Crippen LogP contribution in [0.15, 0.2) is 59.6 Å². The van der Waals surface area contributed by atoms with Gasteiger partial charge in [0.15, 0.2) is 11.5 Å². The maximum Gasteiger partial charge on any atom is 0.243 e. The highest BCUT2D eigenvalue weighted by atomic mass is 32.2. The predicted molar refractivity (Wildman–Crippen MR) is 126 cm³/mol. The highest BCUT2D eigenvalue weighted by Crippen LogP contribution is 2.29. The zero-order chi connectivity index (χ0) is 22.5. The van der Waals surface area contributed by atoms with Gasteiger partial charge in [0, 0.05) is 22.6 Å². The minimum Gasteiger partial charge on any atom is -0.419 e. The summed E-state index contributed by atoms with van der Waals surface area (Å²) < 4.78 is 10.6. The summed E-state index contributed by atoms with van der Waals surface area (Å²) in [7, 11) is 1.87. The third kappa shape index (κ3) is 5.13. The van der Waals surface area contributed by atoms with Gasteiger partial charge in [0.1, 0.15) is 0 Å². The van der Waals surface area contributed by atoms with E-state index in [1.54, 1.807) is 30.1 Å². The molecule has 0 saturated carbocycles. The van der Waals surface area contributed by atoms with Crippen LogP contribution in [0.3, 0.4) is 0 Å². The van der Waals surface area contributed by atoms with Gasteiger partial charge in [-0.25, -0.2) is 9.97 Å². The van der Waals surface area contributed by atoms with Crippen LogP contribution >= 0.6 is 11.8 Å². The molecule has 2 heterocycles. The fourth-order valence-corrected chi connectivity index (χ4v) is 4.08. The van der Waals surface area contributed by atoms with Gasteiger partial charge < -0.3 is 20.5 Å². The second-order valence-corrected chi connectivity index (χ2v) is 8.65. The summed E-state index contributed by atoms with van der Waals surface area (Å²) in [5.41, 5.74) is 9.13. The summed E-state index contributed by atoms with van der Waals surface area (Å²) >= 11 is 1.79. The Bertz CT molecular complexity index is 1110. The molecule has 4 rings (SSSR count). The molecule has 1 aromatic heterocycles. The molecule has 0 amide bonds. The summed E-state index contributed by atoms with van der Waals surface area (Å²) in [6, 6.07) is 15.4. The first-order chi connectivity index (χ1) is 15.5. The van der Waals surface area contributed by atoms with Crippen molar-refractivity contribution in [3.05, 3.63) is 71.5 Å². The van der Waals surface area contributed by atoms with Crippen molar-refractivity contribution in [3.63, 3.8) is 0 Å². The van der Waals surface area contributed by atoms with E-state index in [-0.39, 0.29) is 23.3 Å². The Morgan fingerprint density at radius 1 is 1.12 bits per heavy atom. The fraction of sp³-hybridized carbons (Fsp3) is 0.217. The van der Waals surface area contributed by atoms with Crippen molar-refractivity contribution in [2.45, 2.75) is 16.7 Å². The number of hydrogen-bond acceptors (Lipinski definition) is 9. The number of hydrogen-bond donors (Lipinski definition) is 4. The first-order valence-electron chi connectivity index (χ1n) is 10.1. The molecule has 32 heavy (non-hydrogen) atoms. The standard InChI is InChI=1S/C23H24N6O2S/c1-27-10-14-2-4-16(5-3-14)22(25)31-23(26)20-21(24)28-11-19(29-20)15-6-8-17(9-7-15)32-18-12-30-13-18/h2-9,11,18,25-27H,10,12-13H2,1H3,(H2,24,28). The molecule has 164 valence electrons. The molecule has 1 aliphatic heterocycles. The van der Waals surface area contributed by atoms with Crippen LogP contribution in [-0.4, -0.2) is 47.3 Å². The second-order valence-electron chi connectivity index (χ2n) is 7.28. The van der Waals surface area contributed by atoms with Crippen LogP contribution in [0.5, 0.6) is 0 Å². The highest BCUT2D eigenvalue weighted by Gasteiger charge is 2.20. The first kappa shape index (κ1) is 21.9. The zero-order valence-corrected chi connectivity index (χ0v) is 18.4. The lowest BCUT2D eigenvalue weighted by atomic mass is 10.1. The Balaban J connectivity index is 1.46. The Morgan fingerprint density at radius 3 is 2.47 bits per heavy atom. The van der Waals surface area contributed by atoms with Crippen molar-refractivity contribution in [3.8, 4) is 11.3 Å². The number of anilines is 1. The van der Waals surface area contributed by atoms with Crippen molar-refractivity contribution in [2.75, 3.05) is 26.0 Å². The average molecular weight is 449 g/mol. The molecule has 2 aromatic carbocycles. The van der Waals surface area contributed by atoms with Crippen LogP contribution in [0.4, 0.5) is 5.82 Å². The van der Waals surface area contributed by atoms with Crippen LogP contribution in [0.2, 0.25) is 0 Å². The zero-order valence-electron chi connectivity index (χ0n) is 17.6. The van der Waals surface area contributed by atoms with Gasteiger partial charge in [0.05, 0.1) is 30.4 Å². The van der Waals surface area contributed by atoms with Gasteiger partial charge in [-0.15, -0.1) is 11.8 Å². The van der Waals surface area contributed by atoms with E-state index in [2.05, 4.69) is 15.3 Å². The molecule has 0 radical (unpaired) electrons. The lowest BCUT2D eigenvalue weighted by Crippen LogP contribution is -2.29. The highest BCUT2D eigenvalue weighted by molar-refractivity contribution is 8.00. The van der Waals surface area contributed by atoms with Crippen molar-refractivity contribution in [2.24, 2.45) is 0 Å². The summed E-state index contributed by atoms with van der Waals surface area (Å²) in [6.07, 6.45) is 1.57. The van der Waals surface area contributed by atoms with E-state index in [0.717, 1.165) is 35.8 Å². The number of benzene rings is 2. The van der Waals surface area contributed by atoms with Gasteiger partial charge in [0.25, 0.3) is 0 Å². The molecular weight excluding hydrogens is 424 g/mol. The average Bonchev–Trinajstić information content (AvgIpc) is 2.77. The van der Waals surface area contributed by atoms with E-state index >= 15 is 0 Å². The topological polar surface area (TPSA) is 130 Å². The van der Waals surface area contributed by atoms with Gasteiger partial charge in [-0.1, -0.05) is 24.3 Å².